The van der Waals surface area contributed by atoms with Crippen molar-refractivity contribution < 1.29 is 4.79 Å². The number of rotatable bonds is 6. The van der Waals surface area contributed by atoms with Crippen molar-refractivity contribution in [3.8, 4) is 11.4 Å². The lowest BCUT2D eigenvalue weighted by molar-refractivity contribution is -0.129. The molecule has 138 valence electrons. The number of halogens is 1. The zero-order valence-electron chi connectivity index (χ0n) is 14.9. The fourth-order valence-electron chi connectivity index (χ4n) is 2.92. The Kier molecular flexibility index (Phi) is 6.53. The van der Waals surface area contributed by atoms with Crippen molar-refractivity contribution in [1.29, 1.82) is 0 Å². The second-order valence-corrected chi connectivity index (χ2v) is 8.41. The molecule has 2 heterocycles. The molecule has 0 aliphatic carbocycles. The molecule has 1 aliphatic rings. The van der Waals surface area contributed by atoms with E-state index in [1.807, 2.05) is 33.8 Å². The number of benzene rings is 1. The Balaban J connectivity index is 1.68. The highest BCUT2D eigenvalue weighted by atomic mass is 79.9. The molecule has 1 saturated heterocycles. The Labute approximate surface area is 167 Å². The Morgan fingerprint density at radius 2 is 2.04 bits per heavy atom. The number of thioether (sulfide) groups is 1. The van der Waals surface area contributed by atoms with Gasteiger partial charge in [0, 0.05) is 23.1 Å². The molecular weight excluding hydrogens is 412 g/mol. The van der Waals surface area contributed by atoms with Gasteiger partial charge in [-0.25, -0.2) is 9.67 Å². The number of hydrogen-bond acceptors (Lipinski definition) is 4. The molecule has 3 rings (SSSR count). The molecule has 0 N–H and O–H groups in total. The average molecular weight is 435 g/mol. The van der Waals surface area contributed by atoms with E-state index in [1.54, 1.807) is 6.08 Å². The van der Waals surface area contributed by atoms with Crippen LogP contribution < -0.4 is 0 Å². The van der Waals surface area contributed by atoms with Crippen molar-refractivity contribution in [1.82, 2.24) is 19.7 Å². The minimum Gasteiger partial charge on any atom is -0.342 e. The maximum Gasteiger partial charge on any atom is 0.233 e. The van der Waals surface area contributed by atoms with Crippen LogP contribution in [0.25, 0.3) is 11.4 Å². The van der Waals surface area contributed by atoms with Crippen molar-refractivity contribution >= 4 is 33.6 Å². The topological polar surface area (TPSA) is 51.0 Å². The first-order valence-corrected chi connectivity index (χ1v) is 10.6. The zero-order valence-corrected chi connectivity index (χ0v) is 17.3. The fraction of sp³-hybridized carbons (Fsp3) is 0.421. The summed E-state index contributed by atoms with van der Waals surface area (Å²) in [7, 11) is 0. The fourth-order valence-corrected chi connectivity index (χ4v) is 3.93. The molecule has 0 atom stereocenters. The highest BCUT2D eigenvalue weighted by Gasteiger charge is 2.21. The van der Waals surface area contributed by atoms with Gasteiger partial charge in [-0.15, -0.1) is 11.7 Å². The Hall–Kier alpha value is -1.60. The summed E-state index contributed by atoms with van der Waals surface area (Å²) in [5, 5.41) is 5.17. The van der Waals surface area contributed by atoms with Gasteiger partial charge < -0.3 is 4.90 Å². The van der Waals surface area contributed by atoms with E-state index in [0.29, 0.717) is 17.5 Å². The first-order valence-electron chi connectivity index (χ1n) is 8.79. The number of allylic oxidation sites excluding steroid dienone is 1. The van der Waals surface area contributed by atoms with E-state index in [2.05, 4.69) is 39.5 Å². The molecule has 26 heavy (non-hydrogen) atoms. The van der Waals surface area contributed by atoms with Crippen LogP contribution in [0.4, 0.5) is 0 Å². The SMILES string of the molecule is C=CCn1nc(SCC(=O)N2CCC(C)CC2)nc1-c1ccc(Br)cc1. The van der Waals surface area contributed by atoms with Gasteiger partial charge >= 0.3 is 0 Å². The molecule has 0 unspecified atom stereocenters. The molecule has 1 aromatic carbocycles. The van der Waals surface area contributed by atoms with Crippen LogP contribution in [0.3, 0.4) is 0 Å². The van der Waals surface area contributed by atoms with Gasteiger partial charge in [0.25, 0.3) is 0 Å². The highest BCUT2D eigenvalue weighted by Crippen LogP contribution is 2.24. The van der Waals surface area contributed by atoms with Gasteiger partial charge in [-0.2, -0.15) is 0 Å². The number of carbonyl (C=O) groups excluding carboxylic acids is 1. The summed E-state index contributed by atoms with van der Waals surface area (Å²) >= 11 is 4.85. The van der Waals surface area contributed by atoms with Crippen molar-refractivity contribution in [2.45, 2.75) is 31.5 Å². The Morgan fingerprint density at radius 3 is 2.69 bits per heavy atom. The van der Waals surface area contributed by atoms with Gasteiger partial charge in [0.2, 0.25) is 11.1 Å². The lowest BCUT2D eigenvalue weighted by Gasteiger charge is -2.30. The minimum atomic E-state index is 0.173. The minimum absolute atomic E-state index is 0.173. The molecule has 0 bridgehead atoms. The van der Waals surface area contributed by atoms with Crippen molar-refractivity contribution in [2.75, 3.05) is 18.8 Å². The number of piperidine rings is 1. The number of hydrogen-bond donors (Lipinski definition) is 0. The van der Waals surface area contributed by atoms with E-state index in [0.717, 1.165) is 47.7 Å². The van der Waals surface area contributed by atoms with Gasteiger partial charge in [-0.05, 0) is 30.9 Å². The maximum absolute atomic E-state index is 12.4. The van der Waals surface area contributed by atoms with Crippen LogP contribution in [0, 0.1) is 5.92 Å². The largest absolute Gasteiger partial charge is 0.342 e. The summed E-state index contributed by atoms with van der Waals surface area (Å²) in [4.78, 5) is 19.0. The van der Waals surface area contributed by atoms with Crippen LogP contribution in [-0.2, 0) is 11.3 Å². The third kappa shape index (κ3) is 4.76. The van der Waals surface area contributed by atoms with Crippen LogP contribution in [0.5, 0.6) is 0 Å². The molecular formula is C19H23BrN4OS. The molecule has 1 fully saturated rings. The maximum atomic E-state index is 12.4. The van der Waals surface area contributed by atoms with E-state index in [9.17, 15) is 4.79 Å². The number of aromatic nitrogens is 3. The predicted octanol–water partition coefficient (Wildman–Crippen LogP) is 4.24. The monoisotopic (exact) mass is 434 g/mol. The molecule has 1 amide bonds. The number of amides is 1. The van der Waals surface area contributed by atoms with Gasteiger partial charge in [-0.3, -0.25) is 4.79 Å². The molecule has 5 nitrogen and oxygen atoms in total. The molecule has 0 saturated carbocycles. The van der Waals surface area contributed by atoms with Gasteiger partial charge in [-0.1, -0.05) is 52.8 Å². The Bertz CT molecular complexity index is 766. The summed E-state index contributed by atoms with van der Waals surface area (Å²) in [6.07, 6.45) is 3.98. The number of nitrogens with zero attached hydrogens (tertiary/aromatic N) is 4. The third-order valence-electron chi connectivity index (χ3n) is 4.52. The van der Waals surface area contributed by atoms with Crippen LogP contribution in [-0.4, -0.2) is 44.4 Å². The van der Waals surface area contributed by atoms with Crippen LogP contribution in [0.15, 0.2) is 46.5 Å². The Morgan fingerprint density at radius 1 is 1.35 bits per heavy atom. The van der Waals surface area contributed by atoms with E-state index in [-0.39, 0.29) is 5.91 Å². The summed E-state index contributed by atoms with van der Waals surface area (Å²) in [5.74, 6) is 2.06. The van der Waals surface area contributed by atoms with E-state index < -0.39 is 0 Å². The standard InChI is InChI=1S/C19H23BrN4OS/c1-3-10-24-18(15-4-6-16(20)7-5-15)21-19(22-24)26-13-17(25)23-11-8-14(2)9-12-23/h3-7,14H,1,8-13H2,2H3. The first-order chi connectivity index (χ1) is 12.6. The summed E-state index contributed by atoms with van der Waals surface area (Å²) < 4.78 is 2.85. The average Bonchev–Trinajstić information content (AvgIpc) is 3.04. The lowest BCUT2D eigenvalue weighted by Crippen LogP contribution is -2.38. The normalized spacial score (nSPS) is 15.2. The molecule has 7 heteroatoms. The van der Waals surface area contributed by atoms with Crippen molar-refractivity contribution in [3.05, 3.63) is 41.4 Å². The van der Waals surface area contributed by atoms with E-state index in [4.69, 9.17) is 0 Å². The second-order valence-electron chi connectivity index (χ2n) is 6.55. The quantitative estimate of drug-likeness (QED) is 0.503. The molecule has 0 spiro atoms. The smallest absolute Gasteiger partial charge is 0.233 e. The molecule has 1 aliphatic heterocycles. The highest BCUT2D eigenvalue weighted by molar-refractivity contribution is 9.10. The molecule has 2 aromatic rings. The van der Waals surface area contributed by atoms with Gasteiger partial charge in [0.15, 0.2) is 5.82 Å². The van der Waals surface area contributed by atoms with E-state index in [1.165, 1.54) is 11.8 Å². The zero-order chi connectivity index (χ0) is 18.5. The molecule has 0 radical (unpaired) electrons. The van der Waals surface area contributed by atoms with Crippen molar-refractivity contribution in [2.24, 2.45) is 5.92 Å². The second kappa shape index (κ2) is 8.86. The third-order valence-corrected chi connectivity index (χ3v) is 5.87. The van der Waals surface area contributed by atoms with Crippen LogP contribution in [0.2, 0.25) is 0 Å². The summed E-state index contributed by atoms with van der Waals surface area (Å²) in [5.41, 5.74) is 0.991. The first kappa shape index (κ1) is 19.2. The van der Waals surface area contributed by atoms with Crippen LogP contribution in [0.1, 0.15) is 19.8 Å². The van der Waals surface area contributed by atoms with Crippen LogP contribution >= 0.6 is 27.7 Å². The van der Waals surface area contributed by atoms with Crippen molar-refractivity contribution in [3.63, 3.8) is 0 Å². The summed E-state index contributed by atoms with van der Waals surface area (Å²) in [6.45, 7) is 8.35. The van der Waals surface area contributed by atoms with E-state index >= 15 is 0 Å². The summed E-state index contributed by atoms with van der Waals surface area (Å²) in [6, 6.07) is 7.97. The predicted molar refractivity (Wildman–Crippen MR) is 109 cm³/mol. The number of carbonyl (C=O) groups is 1. The number of likely N-dealkylation sites (tertiary alicyclic amines) is 1. The lowest BCUT2D eigenvalue weighted by atomic mass is 9.99. The van der Waals surface area contributed by atoms with Gasteiger partial charge in [0.05, 0.1) is 12.3 Å². The molecule has 1 aromatic heterocycles. The van der Waals surface area contributed by atoms with Gasteiger partial charge in [0.1, 0.15) is 0 Å².